The van der Waals surface area contributed by atoms with E-state index in [-0.39, 0.29) is 11.6 Å². The van der Waals surface area contributed by atoms with Crippen LogP contribution >= 0.6 is 34.2 Å². The van der Waals surface area contributed by atoms with Crippen LogP contribution in [0.15, 0.2) is 36.4 Å². The zero-order valence-corrected chi connectivity index (χ0v) is 11.0. The van der Waals surface area contributed by atoms with E-state index in [0.717, 1.165) is 0 Å². The third-order valence-corrected chi connectivity index (χ3v) is 3.35. The van der Waals surface area contributed by atoms with Gasteiger partial charge in [-0.3, -0.25) is 0 Å². The molecule has 82 valence electrons. The molecule has 0 fully saturated rings. The highest BCUT2D eigenvalue weighted by Crippen LogP contribution is 2.34. The summed E-state index contributed by atoms with van der Waals surface area (Å²) in [6, 6.07) is 9.38. The third-order valence-electron chi connectivity index (χ3n) is 2.17. The van der Waals surface area contributed by atoms with Crippen molar-refractivity contribution in [3.8, 4) is 16.9 Å². The van der Waals surface area contributed by atoms with E-state index in [0.29, 0.717) is 19.7 Å². The molecule has 2 aromatic rings. The minimum absolute atomic E-state index is 0.130. The van der Waals surface area contributed by atoms with Crippen molar-refractivity contribution in [1.29, 1.82) is 0 Å². The summed E-state index contributed by atoms with van der Waals surface area (Å²) >= 11 is 8.00. The van der Waals surface area contributed by atoms with Crippen LogP contribution in [0.2, 0.25) is 5.02 Å². The molecule has 0 aliphatic carbocycles. The number of halogens is 3. The monoisotopic (exact) mass is 348 g/mol. The summed E-state index contributed by atoms with van der Waals surface area (Å²) in [4.78, 5) is 0. The molecule has 0 aliphatic heterocycles. The molecular formula is C12H7ClFIO. The van der Waals surface area contributed by atoms with E-state index in [2.05, 4.69) is 0 Å². The second-order valence-electron chi connectivity index (χ2n) is 3.29. The fourth-order valence-electron chi connectivity index (χ4n) is 1.41. The molecule has 0 unspecified atom stereocenters. The van der Waals surface area contributed by atoms with Crippen molar-refractivity contribution in [1.82, 2.24) is 0 Å². The Balaban J connectivity index is 2.60. The predicted octanol–water partition coefficient (Wildman–Crippen LogP) is 4.46. The van der Waals surface area contributed by atoms with Gasteiger partial charge in [0.1, 0.15) is 11.6 Å². The molecule has 0 heterocycles. The van der Waals surface area contributed by atoms with Gasteiger partial charge in [-0.2, -0.15) is 0 Å². The number of benzene rings is 2. The SMILES string of the molecule is Oc1cc(Cl)c(-c2cccc(F)c2)cc1I. The largest absolute Gasteiger partial charge is 0.507 e. The molecule has 2 aromatic carbocycles. The molecular weight excluding hydrogens is 341 g/mol. The van der Waals surface area contributed by atoms with E-state index in [9.17, 15) is 9.50 Å². The second-order valence-corrected chi connectivity index (χ2v) is 4.86. The maximum atomic E-state index is 13.1. The quantitative estimate of drug-likeness (QED) is 0.755. The van der Waals surface area contributed by atoms with Gasteiger partial charge < -0.3 is 5.11 Å². The molecule has 4 heteroatoms. The highest BCUT2D eigenvalue weighted by atomic mass is 127. The van der Waals surface area contributed by atoms with Crippen LogP contribution in [-0.2, 0) is 0 Å². The smallest absolute Gasteiger partial charge is 0.130 e. The lowest BCUT2D eigenvalue weighted by Crippen LogP contribution is -1.84. The minimum atomic E-state index is -0.309. The maximum Gasteiger partial charge on any atom is 0.130 e. The molecule has 1 N–H and O–H groups in total. The van der Waals surface area contributed by atoms with Gasteiger partial charge in [-0.05, 0) is 46.4 Å². The zero-order chi connectivity index (χ0) is 11.7. The summed E-state index contributed by atoms with van der Waals surface area (Å²) in [6.07, 6.45) is 0. The van der Waals surface area contributed by atoms with Gasteiger partial charge in [0.2, 0.25) is 0 Å². The van der Waals surface area contributed by atoms with E-state index in [1.165, 1.54) is 18.2 Å². The fraction of sp³-hybridized carbons (Fsp3) is 0. The molecule has 0 aromatic heterocycles. The Kier molecular flexibility index (Phi) is 3.35. The molecule has 1 nitrogen and oxygen atoms in total. The highest BCUT2D eigenvalue weighted by molar-refractivity contribution is 14.1. The maximum absolute atomic E-state index is 13.1. The van der Waals surface area contributed by atoms with Crippen molar-refractivity contribution in [3.05, 3.63) is 50.8 Å². The lowest BCUT2D eigenvalue weighted by Gasteiger charge is -2.07. The Hall–Kier alpha value is -0.810. The number of hydrogen-bond acceptors (Lipinski definition) is 1. The first-order chi connectivity index (χ1) is 7.58. The van der Waals surface area contributed by atoms with Crippen molar-refractivity contribution in [3.63, 3.8) is 0 Å². The minimum Gasteiger partial charge on any atom is -0.507 e. The van der Waals surface area contributed by atoms with Gasteiger partial charge in [0, 0.05) is 11.6 Å². The Morgan fingerprint density at radius 2 is 1.94 bits per heavy atom. The molecule has 2 rings (SSSR count). The van der Waals surface area contributed by atoms with Crippen molar-refractivity contribution in [2.75, 3.05) is 0 Å². The van der Waals surface area contributed by atoms with Crippen LogP contribution in [0.25, 0.3) is 11.1 Å². The lowest BCUT2D eigenvalue weighted by atomic mass is 10.1. The van der Waals surface area contributed by atoms with Crippen LogP contribution in [0.3, 0.4) is 0 Å². The first kappa shape index (κ1) is 11.7. The summed E-state index contributed by atoms with van der Waals surface area (Å²) in [7, 11) is 0. The van der Waals surface area contributed by atoms with Crippen molar-refractivity contribution in [2.24, 2.45) is 0 Å². The van der Waals surface area contributed by atoms with Gasteiger partial charge in [0.05, 0.1) is 8.59 Å². The number of aromatic hydroxyl groups is 1. The van der Waals surface area contributed by atoms with Crippen LogP contribution in [0.5, 0.6) is 5.75 Å². The van der Waals surface area contributed by atoms with Crippen LogP contribution < -0.4 is 0 Å². The van der Waals surface area contributed by atoms with E-state index < -0.39 is 0 Å². The standard InChI is InChI=1S/C12H7ClFIO/c13-10-6-12(16)11(15)5-9(10)7-2-1-3-8(14)4-7/h1-6,16H. The predicted molar refractivity (Wildman–Crippen MR) is 71.2 cm³/mol. The summed E-state index contributed by atoms with van der Waals surface area (Å²) in [5.41, 5.74) is 1.41. The van der Waals surface area contributed by atoms with E-state index in [1.54, 1.807) is 18.2 Å². The lowest BCUT2D eigenvalue weighted by molar-refractivity contribution is 0.471. The van der Waals surface area contributed by atoms with Crippen LogP contribution in [0.1, 0.15) is 0 Å². The molecule has 0 bridgehead atoms. The number of hydrogen-bond donors (Lipinski definition) is 1. The van der Waals surface area contributed by atoms with Crippen LogP contribution in [0.4, 0.5) is 4.39 Å². The number of phenols is 1. The van der Waals surface area contributed by atoms with Crippen molar-refractivity contribution < 1.29 is 9.50 Å². The Morgan fingerprint density at radius 1 is 1.19 bits per heavy atom. The van der Waals surface area contributed by atoms with Crippen molar-refractivity contribution in [2.45, 2.75) is 0 Å². The van der Waals surface area contributed by atoms with Gasteiger partial charge in [-0.15, -0.1) is 0 Å². The van der Waals surface area contributed by atoms with E-state index in [4.69, 9.17) is 11.6 Å². The molecule has 0 aliphatic rings. The topological polar surface area (TPSA) is 20.2 Å². The second kappa shape index (κ2) is 4.59. The Morgan fingerprint density at radius 3 is 2.62 bits per heavy atom. The summed E-state index contributed by atoms with van der Waals surface area (Å²) in [6.45, 7) is 0. The number of rotatable bonds is 1. The van der Waals surface area contributed by atoms with Gasteiger partial charge in [0.15, 0.2) is 0 Å². The zero-order valence-electron chi connectivity index (χ0n) is 8.05. The first-order valence-corrected chi connectivity index (χ1v) is 5.97. The highest BCUT2D eigenvalue weighted by Gasteiger charge is 2.08. The number of phenolic OH excluding ortho intramolecular Hbond substituents is 1. The van der Waals surface area contributed by atoms with Crippen LogP contribution in [0, 0.1) is 9.39 Å². The van der Waals surface area contributed by atoms with Gasteiger partial charge in [-0.1, -0.05) is 23.7 Å². The normalized spacial score (nSPS) is 10.4. The molecule has 0 amide bonds. The molecule has 0 atom stereocenters. The Bertz CT molecular complexity index is 543. The molecule has 16 heavy (non-hydrogen) atoms. The summed E-state index contributed by atoms with van der Waals surface area (Å²) < 4.78 is 13.8. The third kappa shape index (κ3) is 2.30. The van der Waals surface area contributed by atoms with Crippen molar-refractivity contribution >= 4 is 34.2 Å². The average molecular weight is 349 g/mol. The molecule has 0 spiro atoms. The van der Waals surface area contributed by atoms with Gasteiger partial charge in [0.25, 0.3) is 0 Å². The Labute approximate surface area is 111 Å². The molecule has 0 radical (unpaired) electrons. The molecule has 0 saturated heterocycles. The summed E-state index contributed by atoms with van der Waals surface area (Å²) in [5, 5.41) is 9.87. The van der Waals surface area contributed by atoms with Crippen LogP contribution in [-0.4, -0.2) is 5.11 Å². The molecule has 0 saturated carbocycles. The average Bonchev–Trinajstić information content (AvgIpc) is 2.23. The van der Waals surface area contributed by atoms with Gasteiger partial charge >= 0.3 is 0 Å². The van der Waals surface area contributed by atoms with Gasteiger partial charge in [-0.25, -0.2) is 4.39 Å². The summed E-state index contributed by atoms with van der Waals surface area (Å²) in [5.74, 6) is -0.178. The van der Waals surface area contributed by atoms with E-state index >= 15 is 0 Å². The van der Waals surface area contributed by atoms with E-state index in [1.807, 2.05) is 22.6 Å². The first-order valence-electron chi connectivity index (χ1n) is 4.52. The fourth-order valence-corrected chi connectivity index (χ4v) is 2.15.